The topological polar surface area (TPSA) is 88.2 Å². The number of carbonyl (C=O) groups excluding carboxylic acids is 1. The maximum Gasteiger partial charge on any atom is 0.262 e. The zero-order valence-corrected chi connectivity index (χ0v) is 27.9. The summed E-state index contributed by atoms with van der Waals surface area (Å²) in [7, 11) is -0.892. The van der Waals surface area contributed by atoms with Crippen LogP contribution in [0.2, 0.25) is 0 Å². The van der Waals surface area contributed by atoms with Gasteiger partial charge in [-0.25, -0.2) is 8.42 Å². The number of ether oxygens (including phenoxy) is 2. The van der Waals surface area contributed by atoms with Gasteiger partial charge in [-0.3, -0.25) is 14.4 Å². The van der Waals surface area contributed by atoms with Crippen LogP contribution in [0.25, 0.3) is 0 Å². The molecule has 0 aromatic heterocycles. The quantitative estimate of drug-likeness (QED) is 0.168. The minimum absolute atomic E-state index is 0.0302. The summed E-state index contributed by atoms with van der Waals surface area (Å²) >= 11 is 3.62. The van der Waals surface area contributed by atoms with Crippen LogP contribution in [0.4, 0.5) is 17.1 Å². The van der Waals surface area contributed by atoms with Gasteiger partial charge < -0.3 is 14.4 Å². The third kappa shape index (κ3) is 6.18. The van der Waals surface area contributed by atoms with Crippen LogP contribution in [0.3, 0.4) is 0 Å². The summed E-state index contributed by atoms with van der Waals surface area (Å²) in [5.41, 5.74) is 4.74. The maximum absolute atomic E-state index is 14.7. The third-order valence-corrected chi connectivity index (χ3v) is 9.77. The summed E-state index contributed by atoms with van der Waals surface area (Å²) in [5.74, 6) is 0.882. The first-order chi connectivity index (χ1) is 22.2. The Kier molecular flexibility index (Phi) is 8.75. The number of carbonyl (C=O) groups is 1. The van der Waals surface area contributed by atoms with Crippen LogP contribution in [0.5, 0.6) is 11.5 Å². The van der Waals surface area contributed by atoms with Crippen LogP contribution in [-0.2, 0) is 16.6 Å². The first-order valence-corrected chi connectivity index (χ1v) is 16.8. The molecule has 10 heteroatoms. The average molecular weight is 699 g/mol. The number of nitrogens with one attached hydrogen (secondary N) is 1. The van der Waals surface area contributed by atoms with Gasteiger partial charge >= 0.3 is 0 Å². The van der Waals surface area contributed by atoms with E-state index >= 15 is 0 Å². The smallest absolute Gasteiger partial charge is 0.262 e. The van der Waals surface area contributed by atoms with Crippen molar-refractivity contribution in [3.63, 3.8) is 0 Å². The van der Waals surface area contributed by atoms with Gasteiger partial charge in [-0.05, 0) is 85.3 Å². The molecule has 0 unspecified atom stereocenters. The number of sulfonamides is 1. The Hall–Kier alpha value is -4.80. The van der Waals surface area contributed by atoms with Crippen molar-refractivity contribution >= 4 is 48.9 Å². The molecule has 1 aliphatic rings. The fourth-order valence-corrected chi connectivity index (χ4v) is 7.08. The van der Waals surface area contributed by atoms with Crippen molar-refractivity contribution in [2.24, 2.45) is 0 Å². The number of hydrogen-bond acceptors (Lipinski definition) is 6. The lowest BCUT2D eigenvalue weighted by molar-refractivity contribution is 0.0967. The van der Waals surface area contributed by atoms with E-state index in [1.807, 2.05) is 79.7 Å². The summed E-state index contributed by atoms with van der Waals surface area (Å²) < 4.78 is 41.7. The van der Waals surface area contributed by atoms with Crippen molar-refractivity contribution in [2.75, 3.05) is 28.7 Å². The second-order valence-electron chi connectivity index (χ2n) is 10.9. The molecule has 1 N–H and O–H groups in total. The number of rotatable bonds is 9. The van der Waals surface area contributed by atoms with Crippen molar-refractivity contribution in [1.29, 1.82) is 0 Å². The second kappa shape index (κ2) is 12.9. The number of anilines is 3. The van der Waals surface area contributed by atoms with E-state index in [1.165, 1.54) is 12.1 Å². The Balaban J connectivity index is 1.54. The standard InChI is InChI=1S/C36H32BrN3O5S/c1-24-9-14-28(15-10-24)40-35(32-21-26(37)11-20-34(32)45-3)39(23-25-7-5-4-6-8-25)33-19-18-30(22-31(33)36(40)41)46(42,43)38-27-12-16-29(44-2)17-13-27/h4-22,35,38H,23H2,1-3H3/t35-/m1/s1. The van der Waals surface area contributed by atoms with Gasteiger partial charge in [0, 0.05) is 28.0 Å². The van der Waals surface area contributed by atoms with Crippen LogP contribution in [-0.4, -0.2) is 28.5 Å². The number of benzene rings is 5. The number of halogens is 1. The van der Waals surface area contributed by atoms with E-state index < -0.39 is 16.2 Å². The SMILES string of the molecule is COc1ccc(NS(=O)(=O)c2ccc3c(c2)C(=O)N(c2ccc(C)cc2)[C@H](c2cc(Br)ccc2OC)N3Cc2ccccc2)cc1. The number of amides is 1. The normalized spacial score (nSPS) is 14.5. The predicted molar refractivity (Wildman–Crippen MR) is 184 cm³/mol. The molecule has 0 bridgehead atoms. The van der Waals surface area contributed by atoms with Crippen LogP contribution >= 0.6 is 15.9 Å². The number of aryl methyl sites for hydroxylation is 1. The van der Waals surface area contributed by atoms with E-state index in [9.17, 15) is 13.2 Å². The Labute approximate surface area is 277 Å². The fourth-order valence-electron chi connectivity index (χ4n) is 5.62. The van der Waals surface area contributed by atoms with E-state index in [0.29, 0.717) is 35.1 Å². The minimum Gasteiger partial charge on any atom is -0.497 e. The molecule has 1 atom stereocenters. The summed E-state index contributed by atoms with van der Waals surface area (Å²) in [4.78, 5) is 18.5. The molecule has 1 amide bonds. The molecule has 0 radical (unpaired) electrons. The van der Waals surface area contributed by atoms with Gasteiger partial charge in [0.1, 0.15) is 17.7 Å². The molecule has 1 heterocycles. The molecule has 0 spiro atoms. The highest BCUT2D eigenvalue weighted by Gasteiger charge is 2.41. The van der Waals surface area contributed by atoms with Crippen LogP contribution in [0.15, 0.2) is 125 Å². The van der Waals surface area contributed by atoms with Crippen LogP contribution in [0, 0.1) is 6.92 Å². The van der Waals surface area contributed by atoms with Gasteiger partial charge in [-0.1, -0.05) is 64.0 Å². The second-order valence-corrected chi connectivity index (χ2v) is 13.5. The lowest BCUT2D eigenvalue weighted by Crippen LogP contribution is -2.49. The minimum atomic E-state index is -4.04. The molecule has 46 heavy (non-hydrogen) atoms. The largest absolute Gasteiger partial charge is 0.497 e. The number of hydrogen-bond donors (Lipinski definition) is 1. The van der Waals surface area contributed by atoms with Gasteiger partial charge in [0.25, 0.3) is 15.9 Å². The average Bonchev–Trinajstić information content (AvgIpc) is 3.07. The molecule has 8 nitrogen and oxygen atoms in total. The zero-order valence-electron chi connectivity index (χ0n) is 25.5. The van der Waals surface area contributed by atoms with E-state index in [4.69, 9.17) is 9.47 Å². The molecule has 0 fully saturated rings. The highest BCUT2D eigenvalue weighted by molar-refractivity contribution is 9.10. The predicted octanol–water partition coefficient (Wildman–Crippen LogP) is 7.94. The summed E-state index contributed by atoms with van der Waals surface area (Å²) in [5, 5.41) is 0. The van der Waals surface area contributed by atoms with E-state index in [-0.39, 0.29) is 16.4 Å². The molecule has 5 aromatic rings. The first-order valence-electron chi connectivity index (χ1n) is 14.5. The number of nitrogens with zero attached hydrogens (tertiary/aromatic N) is 2. The van der Waals surface area contributed by atoms with E-state index in [0.717, 1.165) is 21.2 Å². The highest BCUT2D eigenvalue weighted by Crippen LogP contribution is 2.46. The van der Waals surface area contributed by atoms with Gasteiger partial charge in [-0.2, -0.15) is 0 Å². The molecular formula is C36H32BrN3O5S. The van der Waals surface area contributed by atoms with Crippen molar-refractivity contribution in [3.8, 4) is 11.5 Å². The van der Waals surface area contributed by atoms with Crippen molar-refractivity contribution in [2.45, 2.75) is 24.5 Å². The van der Waals surface area contributed by atoms with Crippen LogP contribution in [0.1, 0.15) is 33.2 Å². The summed E-state index contributed by atoms with van der Waals surface area (Å²) in [6.45, 7) is 2.42. The lowest BCUT2D eigenvalue weighted by Gasteiger charge is -2.46. The Morgan fingerprint density at radius 2 is 1.54 bits per heavy atom. The molecule has 0 saturated heterocycles. The molecule has 0 aliphatic carbocycles. The number of fused-ring (bicyclic) bond motifs is 1. The summed E-state index contributed by atoms with van der Waals surface area (Å²) in [6, 6.07) is 34.7. The Bertz CT molecular complexity index is 1990. The monoisotopic (exact) mass is 697 g/mol. The highest BCUT2D eigenvalue weighted by atomic mass is 79.9. The lowest BCUT2D eigenvalue weighted by atomic mass is 9.98. The molecule has 5 aromatic carbocycles. The van der Waals surface area contributed by atoms with E-state index in [2.05, 4.69) is 25.6 Å². The maximum atomic E-state index is 14.7. The Morgan fingerprint density at radius 3 is 2.22 bits per heavy atom. The number of methoxy groups -OCH3 is 2. The molecule has 0 saturated carbocycles. The fraction of sp³-hybridized carbons (Fsp3) is 0.139. The van der Waals surface area contributed by atoms with Crippen molar-refractivity contribution in [3.05, 3.63) is 142 Å². The van der Waals surface area contributed by atoms with Crippen molar-refractivity contribution in [1.82, 2.24) is 0 Å². The van der Waals surface area contributed by atoms with E-state index in [1.54, 1.807) is 49.5 Å². The van der Waals surface area contributed by atoms with Crippen LogP contribution < -0.4 is 24.0 Å². The van der Waals surface area contributed by atoms with Gasteiger partial charge in [-0.15, -0.1) is 0 Å². The molecule has 6 rings (SSSR count). The zero-order chi connectivity index (χ0) is 32.4. The van der Waals surface area contributed by atoms with Gasteiger partial charge in [0.2, 0.25) is 0 Å². The Morgan fingerprint density at radius 1 is 0.826 bits per heavy atom. The molecule has 234 valence electrons. The van der Waals surface area contributed by atoms with Gasteiger partial charge in [0.15, 0.2) is 0 Å². The first kappa shape index (κ1) is 31.2. The molecule has 1 aliphatic heterocycles. The molecular weight excluding hydrogens is 666 g/mol. The third-order valence-electron chi connectivity index (χ3n) is 7.90. The van der Waals surface area contributed by atoms with Crippen molar-refractivity contribution < 1.29 is 22.7 Å². The summed E-state index contributed by atoms with van der Waals surface area (Å²) in [6.07, 6.45) is -0.629. The van der Waals surface area contributed by atoms with Gasteiger partial charge in [0.05, 0.1) is 30.4 Å².